The fourth-order valence-electron chi connectivity index (χ4n) is 8.92. The smallest absolute Gasteiger partial charge is 0.133 e. The van der Waals surface area contributed by atoms with Crippen LogP contribution in [0.25, 0.3) is 64.5 Å². The maximum absolute atomic E-state index is 5.29. The van der Waals surface area contributed by atoms with Gasteiger partial charge in [0.1, 0.15) is 5.84 Å². The van der Waals surface area contributed by atoms with Gasteiger partial charge in [0, 0.05) is 53.3 Å². The van der Waals surface area contributed by atoms with Crippen LogP contribution in [0, 0.1) is 0 Å². The second-order valence-electron chi connectivity index (χ2n) is 14.8. The third kappa shape index (κ3) is 4.55. The van der Waals surface area contributed by atoms with Crippen molar-refractivity contribution >= 4 is 64.8 Å². The average molecular weight is 698 g/mol. The zero-order valence-electron chi connectivity index (χ0n) is 29.5. The number of rotatable bonds is 4. The van der Waals surface area contributed by atoms with Gasteiger partial charge in [-0.25, -0.2) is 0 Å². The highest BCUT2D eigenvalue weighted by Crippen LogP contribution is 2.53. The predicted molar refractivity (Wildman–Crippen MR) is 225 cm³/mol. The van der Waals surface area contributed by atoms with Crippen molar-refractivity contribution in [2.45, 2.75) is 25.3 Å². The van der Waals surface area contributed by atoms with Crippen molar-refractivity contribution < 1.29 is 0 Å². The lowest BCUT2D eigenvalue weighted by Gasteiger charge is -2.24. The Hall–Kier alpha value is -6.23. The topological polar surface area (TPSA) is 29.3 Å². The van der Waals surface area contributed by atoms with E-state index in [4.69, 9.17) is 4.99 Å². The standard InChI is InChI=1S/C49H35N3S/c1-49(2)40-17-9-6-14-34(40)37-25-26-38-35-15-7-10-18-43(35)52(47(38)46(37)49)33-23-20-30(21-24-33)41-29-42(51-48(50-41)31-12-4-3-5-13-31)32-22-27-45-39(28-32)36-16-8-11-19-44(36)53-45/h3-29,42H,1-2H3,(H,50,51). The molecule has 4 heteroatoms. The molecule has 7 aromatic carbocycles. The molecule has 0 spiro atoms. The van der Waals surface area contributed by atoms with E-state index >= 15 is 0 Å². The Morgan fingerprint density at radius 2 is 1.34 bits per heavy atom. The number of hydrogen-bond acceptors (Lipinski definition) is 3. The molecule has 2 aromatic heterocycles. The van der Waals surface area contributed by atoms with Gasteiger partial charge in [-0.15, -0.1) is 11.3 Å². The van der Waals surface area contributed by atoms with Gasteiger partial charge in [0.25, 0.3) is 0 Å². The van der Waals surface area contributed by atoms with Gasteiger partial charge in [0.15, 0.2) is 0 Å². The van der Waals surface area contributed by atoms with Gasteiger partial charge in [-0.1, -0.05) is 135 Å². The molecule has 3 heterocycles. The minimum Gasteiger partial charge on any atom is -0.340 e. The van der Waals surface area contributed by atoms with Gasteiger partial charge in [0.2, 0.25) is 0 Å². The van der Waals surface area contributed by atoms with Crippen molar-refractivity contribution in [3.63, 3.8) is 0 Å². The van der Waals surface area contributed by atoms with Crippen molar-refractivity contribution in [3.05, 3.63) is 192 Å². The second-order valence-corrected chi connectivity index (χ2v) is 15.9. The number of fused-ring (bicyclic) bond motifs is 10. The highest BCUT2D eigenvalue weighted by atomic mass is 32.1. The molecule has 0 bridgehead atoms. The second kappa shape index (κ2) is 11.4. The molecule has 1 N–H and O–H groups in total. The summed E-state index contributed by atoms with van der Waals surface area (Å²) >= 11 is 1.85. The Morgan fingerprint density at radius 1 is 0.604 bits per heavy atom. The lowest BCUT2D eigenvalue weighted by Crippen LogP contribution is -2.27. The molecule has 252 valence electrons. The summed E-state index contributed by atoms with van der Waals surface area (Å²) in [6.45, 7) is 4.76. The quantitative estimate of drug-likeness (QED) is 0.195. The molecule has 9 aromatic rings. The van der Waals surface area contributed by atoms with Crippen LogP contribution in [0.2, 0.25) is 0 Å². The van der Waals surface area contributed by atoms with Crippen LogP contribution in [-0.4, -0.2) is 10.4 Å². The Kier molecular flexibility index (Phi) is 6.53. The van der Waals surface area contributed by atoms with E-state index in [9.17, 15) is 0 Å². The van der Waals surface area contributed by atoms with Gasteiger partial charge in [-0.2, -0.15) is 0 Å². The van der Waals surface area contributed by atoms with Gasteiger partial charge in [0.05, 0.1) is 17.1 Å². The summed E-state index contributed by atoms with van der Waals surface area (Å²) in [6, 6.07) is 57.4. The first-order chi connectivity index (χ1) is 26.0. The molecule has 0 fully saturated rings. The number of nitrogens with zero attached hydrogens (tertiary/aromatic N) is 2. The van der Waals surface area contributed by atoms with Crippen LogP contribution >= 0.6 is 11.3 Å². The van der Waals surface area contributed by atoms with Crippen LogP contribution in [0.15, 0.2) is 169 Å². The van der Waals surface area contributed by atoms with Crippen LogP contribution in [0.3, 0.4) is 0 Å². The number of hydrogen-bond donors (Lipinski definition) is 1. The highest BCUT2D eigenvalue weighted by molar-refractivity contribution is 7.25. The number of thiophene rings is 1. The summed E-state index contributed by atoms with van der Waals surface area (Å²) < 4.78 is 5.11. The van der Waals surface area contributed by atoms with Crippen molar-refractivity contribution in [3.8, 4) is 16.8 Å². The van der Waals surface area contributed by atoms with Gasteiger partial charge >= 0.3 is 0 Å². The van der Waals surface area contributed by atoms with Crippen molar-refractivity contribution in [2.24, 2.45) is 4.99 Å². The number of para-hydroxylation sites is 1. The molecule has 1 unspecified atom stereocenters. The summed E-state index contributed by atoms with van der Waals surface area (Å²) in [5.41, 5.74) is 13.5. The molecule has 11 rings (SSSR count). The maximum Gasteiger partial charge on any atom is 0.133 e. The normalized spacial score (nSPS) is 16.1. The van der Waals surface area contributed by atoms with Crippen molar-refractivity contribution in [2.75, 3.05) is 0 Å². The molecule has 0 radical (unpaired) electrons. The number of benzene rings is 7. The van der Waals surface area contributed by atoms with Crippen molar-refractivity contribution in [1.82, 2.24) is 9.88 Å². The zero-order chi connectivity index (χ0) is 35.3. The first-order valence-electron chi connectivity index (χ1n) is 18.3. The largest absolute Gasteiger partial charge is 0.340 e. The molecule has 1 atom stereocenters. The van der Waals surface area contributed by atoms with Crippen LogP contribution < -0.4 is 5.32 Å². The van der Waals surface area contributed by atoms with E-state index in [1.54, 1.807) is 0 Å². The van der Waals surface area contributed by atoms with E-state index in [1.165, 1.54) is 69.8 Å². The van der Waals surface area contributed by atoms with E-state index in [0.29, 0.717) is 0 Å². The number of aliphatic imine (C=N–C) groups is 1. The molecule has 53 heavy (non-hydrogen) atoms. The van der Waals surface area contributed by atoms with Gasteiger partial charge in [-0.05, 0) is 75.9 Å². The highest BCUT2D eigenvalue weighted by Gasteiger charge is 2.38. The monoisotopic (exact) mass is 697 g/mol. The van der Waals surface area contributed by atoms with Gasteiger partial charge in [-0.3, -0.25) is 4.99 Å². The summed E-state index contributed by atoms with van der Waals surface area (Å²) in [6.07, 6.45) is 2.28. The number of nitrogens with one attached hydrogen (secondary N) is 1. The molecule has 0 amide bonds. The van der Waals surface area contributed by atoms with E-state index in [2.05, 4.69) is 188 Å². The van der Waals surface area contributed by atoms with E-state index in [0.717, 1.165) is 28.3 Å². The third-order valence-corrected chi connectivity index (χ3v) is 12.6. The summed E-state index contributed by atoms with van der Waals surface area (Å²) in [4.78, 5) is 5.29. The fraction of sp³-hybridized carbons (Fsp3) is 0.0816. The average Bonchev–Trinajstić information content (AvgIpc) is 3.83. The number of amidine groups is 1. The predicted octanol–water partition coefficient (Wildman–Crippen LogP) is 12.6. The molecule has 2 aliphatic rings. The van der Waals surface area contributed by atoms with E-state index < -0.39 is 0 Å². The molecule has 3 nitrogen and oxygen atoms in total. The summed E-state index contributed by atoms with van der Waals surface area (Å²) in [5, 5.41) is 8.89. The molecule has 0 saturated heterocycles. The SMILES string of the molecule is CC1(C)c2ccccc2-c2ccc3c4ccccc4n(-c4ccc(C5=CC(c6ccc7sc8ccccc8c7c6)N=C(c6ccccc6)N5)cc4)c3c21. The summed E-state index contributed by atoms with van der Waals surface area (Å²) in [5.74, 6) is 0.882. The Bertz CT molecular complexity index is 2990. The Balaban J connectivity index is 1.05. The van der Waals surface area contributed by atoms with E-state index in [-0.39, 0.29) is 11.5 Å². The lowest BCUT2D eigenvalue weighted by atomic mass is 9.81. The Morgan fingerprint density at radius 3 is 2.21 bits per heavy atom. The first kappa shape index (κ1) is 30.4. The molecule has 1 aliphatic carbocycles. The van der Waals surface area contributed by atoms with E-state index in [1.807, 2.05) is 11.3 Å². The molecular formula is C49H35N3S. The van der Waals surface area contributed by atoms with Crippen molar-refractivity contribution in [1.29, 1.82) is 0 Å². The third-order valence-electron chi connectivity index (χ3n) is 11.4. The molecule has 0 saturated carbocycles. The maximum atomic E-state index is 5.29. The van der Waals surface area contributed by atoms with Crippen LogP contribution in [0.5, 0.6) is 0 Å². The minimum absolute atomic E-state index is 0.130. The lowest BCUT2D eigenvalue weighted by molar-refractivity contribution is 0.664. The van der Waals surface area contributed by atoms with Crippen LogP contribution in [0.1, 0.15) is 47.7 Å². The summed E-state index contributed by atoms with van der Waals surface area (Å²) in [7, 11) is 0. The zero-order valence-corrected chi connectivity index (χ0v) is 30.3. The van der Waals surface area contributed by atoms with Gasteiger partial charge < -0.3 is 9.88 Å². The fourth-order valence-corrected chi connectivity index (χ4v) is 10.0. The van der Waals surface area contributed by atoms with Crippen LogP contribution in [0.4, 0.5) is 0 Å². The molecular weight excluding hydrogens is 663 g/mol. The first-order valence-corrected chi connectivity index (χ1v) is 19.2. The minimum atomic E-state index is -0.131. The Labute approximate surface area is 312 Å². The van der Waals surface area contributed by atoms with Crippen LogP contribution in [-0.2, 0) is 5.41 Å². The number of aromatic nitrogens is 1. The molecule has 1 aliphatic heterocycles.